The van der Waals surface area contributed by atoms with Crippen molar-refractivity contribution in [3.8, 4) is 5.75 Å². The zero-order chi connectivity index (χ0) is 21.1. The molecule has 0 bridgehead atoms. The van der Waals surface area contributed by atoms with Gasteiger partial charge in [0.15, 0.2) is 5.78 Å². The fourth-order valence-electron chi connectivity index (χ4n) is 4.02. The third kappa shape index (κ3) is 4.16. The van der Waals surface area contributed by atoms with E-state index >= 15 is 0 Å². The van der Waals surface area contributed by atoms with Gasteiger partial charge in [-0.1, -0.05) is 35.3 Å². The molecule has 1 atom stereocenters. The van der Waals surface area contributed by atoms with Gasteiger partial charge in [0.25, 0.3) is 0 Å². The van der Waals surface area contributed by atoms with E-state index in [9.17, 15) is 4.79 Å². The van der Waals surface area contributed by atoms with Crippen LogP contribution < -0.4 is 4.74 Å². The van der Waals surface area contributed by atoms with E-state index in [1.54, 1.807) is 24.5 Å². The molecule has 0 spiro atoms. The van der Waals surface area contributed by atoms with Gasteiger partial charge in [0.2, 0.25) is 0 Å². The van der Waals surface area contributed by atoms with E-state index in [1.807, 2.05) is 24.3 Å². The fraction of sp³-hybridized carbons (Fsp3) is 0.250. The van der Waals surface area contributed by atoms with Crippen LogP contribution in [0.1, 0.15) is 51.8 Å². The molecule has 4 rings (SSSR count). The van der Waals surface area contributed by atoms with E-state index in [0.717, 1.165) is 46.7 Å². The summed E-state index contributed by atoms with van der Waals surface area (Å²) in [5.74, 6) is 1.68. The highest BCUT2D eigenvalue weighted by Gasteiger charge is 2.26. The Morgan fingerprint density at radius 3 is 2.70 bits per heavy atom. The van der Waals surface area contributed by atoms with Crippen molar-refractivity contribution in [1.82, 2.24) is 9.97 Å². The number of hydrogen-bond donors (Lipinski definition) is 1. The summed E-state index contributed by atoms with van der Waals surface area (Å²) in [4.78, 5) is 19.8. The normalized spacial score (nSPS) is 14.3. The van der Waals surface area contributed by atoms with Crippen molar-refractivity contribution in [2.45, 2.75) is 38.2 Å². The number of rotatable bonds is 7. The maximum Gasteiger partial charge on any atom is 0.163 e. The van der Waals surface area contributed by atoms with Crippen molar-refractivity contribution >= 4 is 29.0 Å². The van der Waals surface area contributed by atoms with Crippen LogP contribution in [0.2, 0.25) is 10.0 Å². The second-order valence-corrected chi connectivity index (χ2v) is 8.13. The molecule has 1 N–H and O–H groups in total. The number of carbonyl (C=O) groups excluding carboxylic acids is 1. The van der Waals surface area contributed by atoms with Crippen LogP contribution in [0.4, 0.5) is 0 Å². The molecule has 1 unspecified atom stereocenters. The summed E-state index contributed by atoms with van der Waals surface area (Å²) in [5.41, 5.74) is 3.58. The zero-order valence-corrected chi connectivity index (χ0v) is 18.0. The quantitative estimate of drug-likeness (QED) is 0.436. The number of nitrogens with zero attached hydrogens (tertiary/aromatic N) is 1. The molecule has 2 aromatic carbocycles. The van der Waals surface area contributed by atoms with Crippen LogP contribution in [-0.4, -0.2) is 15.8 Å². The Balaban J connectivity index is 1.78. The highest BCUT2D eigenvalue weighted by molar-refractivity contribution is 6.36. The number of aromatic nitrogens is 2. The minimum Gasteiger partial charge on any atom is -0.485 e. The number of nitrogens with one attached hydrogen (secondary N) is 1. The molecule has 0 aliphatic heterocycles. The Labute approximate surface area is 185 Å². The van der Waals surface area contributed by atoms with E-state index in [1.165, 1.54) is 0 Å². The highest BCUT2D eigenvalue weighted by Crippen LogP contribution is 2.38. The predicted molar refractivity (Wildman–Crippen MR) is 120 cm³/mol. The van der Waals surface area contributed by atoms with Gasteiger partial charge in [0, 0.05) is 52.0 Å². The van der Waals surface area contributed by atoms with Crippen LogP contribution in [0.25, 0.3) is 0 Å². The second-order valence-electron chi connectivity index (χ2n) is 7.32. The number of aromatic amines is 1. The van der Waals surface area contributed by atoms with E-state index in [-0.39, 0.29) is 5.78 Å². The highest BCUT2D eigenvalue weighted by atomic mass is 35.5. The first-order valence-electron chi connectivity index (χ1n) is 9.96. The van der Waals surface area contributed by atoms with Gasteiger partial charge in [0.05, 0.1) is 0 Å². The standard InChI is InChI=1S/C24H22Cl2N2O2/c1-2-5-17-15-6-3-9-20(29)16(15)10-11-21(17)30-22(14-23-27-12-13-28-23)24-18(25)7-4-8-19(24)26/h2,4,7-8,10-13,22H,1,3,5-6,9,14H2,(H,27,28). The number of ether oxygens (including phenoxy) is 1. The van der Waals surface area contributed by atoms with Gasteiger partial charge in [-0.3, -0.25) is 4.79 Å². The maximum absolute atomic E-state index is 12.4. The maximum atomic E-state index is 12.4. The summed E-state index contributed by atoms with van der Waals surface area (Å²) < 4.78 is 6.53. The van der Waals surface area contributed by atoms with Gasteiger partial charge in [-0.05, 0) is 49.1 Å². The summed E-state index contributed by atoms with van der Waals surface area (Å²) in [6.07, 6.45) is 8.27. The molecule has 0 fully saturated rings. The predicted octanol–water partition coefficient (Wildman–Crippen LogP) is 6.33. The van der Waals surface area contributed by atoms with Crippen LogP contribution >= 0.6 is 23.2 Å². The van der Waals surface area contributed by atoms with Crippen molar-refractivity contribution in [3.63, 3.8) is 0 Å². The molecule has 0 radical (unpaired) electrons. The Bertz CT molecular complexity index is 1060. The number of H-pyrrole nitrogens is 1. The largest absolute Gasteiger partial charge is 0.485 e. The van der Waals surface area contributed by atoms with Gasteiger partial charge in [-0.2, -0.15) is 0 Å². The number of benzene rings is 2. The monoisotopic (exact) mass is 440 g/mol. The summed E-state index contributed by atoms with van der Waals surface area (Å²) in [6, 6.07) is 9.17. The van der Waals surface area contributed by atoms with Crippen LogP contribution in [-0.2, 0) is 19.3 Å². The van der Waals surface area contributed by atoms with Crippen LogP contribution in [0, 0.1) is 0 Å². The smallest absolute Gasteiger partial charge is 0.163 e. The molecule has 0 amide bonds. The molecule has 1 aliphatic rings. The lowest BCUT2D eigenvalue weighted by atomic mass is 9.86. The number of fused-ring (bicyclic) bond motifs is 1. The number of carbonyl (C=O) groups is 1. The third-order valence-corrected chi connectivity index (χ3v) is 6.05. The summed E-state index contributed by atoms with van der Waals surface area (Å²) >= 11 is 13.0. The van der Waals surface area contributed by atoms with Gasteiger partial charge in [-0.25, -0.2) is 4.98 Å². The van der Waals surface area contributed by atoms with E-state index in [2.05, 4.69) is 16.5 Å². The number of Topliss-reactive ketones (excluding diaryl/α,β-unsaturated/α-hetero) is 1. The number of hydrogen-bond acceptors (Lipinski definition) is 3. The lowest BCUT2D eigenvalue weighted by Crippen LogP contribution is -2.17. The van der Waals surface area contributed by atoms with Gasteiger partial charge < -0.3 is 9.72 Å². The van der Waals surface area contributed by atoms with Crippen molar-refractivity contribution < 1.29 is 9.53 Å². The van der Waals surface area contributed by atoms with Gasteiger partial charge >= 0.3 is 0 Å². The van der Waals surface area contributed by atoms with E-state index in [0.29, 0.717) is 29.3 Å². The van der Waals surface area contributed by atoms with Crippen molar-refractivity contribution in [1.29, 1.82) is 0 Å². The first-order valence-corrected chi connectivity index (χ1v) is 10.7. The molecule has 30 heavy (non-hydrogen) atoms. The minimum absolute atomic E-state index is 0.189. The molecule has 1 aromatic heterocycles. The number of ketones is 1. The second kappa shape index (κ2) is 9.07. The molecule has 154 valence electrons. The van der Waals surface area contributed by atoms with Crippen LogP contribution in [0.3, 0.4) is 0 Å². The lowest BCUT2D eigenvalue weighted by molar-refractivity contribution is 0.0972. The molecule has 1 aliphatic carbocycles. The van der Waals surface area contributed by atoms with Gasteiger partial charge in [-0.15, -0.1) is 6.58 Å². The van der Waals surface area contributed by atoms with Crippen LogP contribution in [0.15, 0.2) is 55.4 Å². The SMILES string of the molecule is C=CCc1c(OC(Cc2ncc[nH]2)c2c(Cl)cccc2Cl)ccc2c1CCCC2=O. The molecule has 3 aromatic rings. The number of allylic oxidation sites excluding steroid dienone is 1. The average Bonchev–Trinajstić information content (AvgIpc) is 3.23. The van der Waals surface area contributed by atoms with E-state index in [4.69, 9.17) is 27.9 Å². The zero-order valence-electron chi connectivity index (χ0n) is 16.5. The summed E-state index contributed by atoms with van der Waals surface area (Å²) in [5, 5.41) is 1.08. The lowest BCUT2D eigenvalue weighted by Gasteiger charge is -2.25. The molecule has 0 saturated carbocycles. The average molecular weight is 441 g/mol. The number of imidazole rings is 1. The Hall–Kier alpha value is -2.56. The van der Waals surface area contributed by atoms with Gasteiger partial charge in [0.1, 0.15) is 17.7 Å². The summed E-state index contributed by atoms with van der Waals surface area (Å²) in [7, 11) is 0. The Morgan fingerprint density at radius 2 is 2.00 bits per heavy atom. The molecule has 1 heterocycles. The fourth-order valence-corrected chi connectivity index (χ4v) is 4.66. The van der Waals surface area contributed by atoms with Crippen LogP contribution in [0.5, 0.6) is 5.75 Å². The molecule has 4 nitrogen and oxygen atoms in total. The number of halogens is 2. The molecular formula is C24H22Cl2N2O2. The molecule has 0 saturated heterocycles. The minimum atomic E-state index is -0.446. The Morgan fingerprint density at radius 1 is 1.20 bits per heavy atom. The van der Waals surface area contributed by atoms with E-state index < -0.39 is 6.10 Å². The van der Waals surface area contributed by atoms with Crippen molar-refractivity contribution in [3.05, 3.63) is 93.5 Å². The van der Waals surface area contributed by atoms with Crippen molar-refractivity contribution in [2.75, 3.05) is 0 Å². The third-order valence-electron chi connectivity index (χ3n) is 5.39. The molecular weight excluding hydrogens is 419 g/mol. The summed E-state index contributed by atoms with van der Waals surface area (Å²) in [6.45, 7) is 3.89. The molecule has 6 heteroatoms. The Kier molecular flexibility index (Phi) is 6.26. The topological polar surface area (TPSA) is 55.0 Å². The first kappa shape index (κ1) is 20.7. The first-order chi connectivity index (χ1) is 14.6. The van der Waals surface area contributed by atoms with Crippen molar-refractivity contribution in [2.24, 2.45) is 0 Å².